The highest BCUT2D eigenvalue weighted by Crippen LogP contribution is 2.25. The predicted molar refractivity (Wildman–Crippen MR) is 107 cm³/mol. The van der Waals surface area contributed by atoms with E-state index in [1.807, 2.05) is 24.3 Å². The van der Waals surface area contributed by atoms with Gasteiger partial charge in [-0.1, -0.05) is 41.7 Å². The maximum atomic E-state index is 12.1. The standard InChI is InChI=1S/C20H28O7Si/c1-14(21)27-12-11-17(13-18(19(22)25-3)20(23)26-4)28(5,6)16-9-7-15(24-2)8-10-16/h7-11,18H,12-13H2,1-6H3/b17-11+. The molecule has 154 valence electrons. The number of benzene rings is 1. The van der Waals surface area contributed by atoms with Crippen LogP contribution in [0.15, 0.2) is 35.5 Å². The third-order valence-electron chi connectivity index (χ3n) is 4.63. The van der Waals surface area contributed by atoms with Gasteiger partial charge in [0.05, 0.1) is 21.3 Å². The fourth-order valence-corrected chi connectivity index (χ4v) is 5.49. The van der Waals surface area contributed by atoms with E-state index in [-0.39, 0.29) is 13.0 Å². The quantitative estimate of drug-likeness (QED) is 0.267. The largest absolute Gasteiger partial charge is 0.497 e. The minimum atomic E-state index is -2.30. The molecule has 0 aliphatic carbocycles. The number of ether oxygens (including phenoxy) is 4. The van der Waals surface area contributed by atoms with Crippen LogP contribution in [0.1, 0.15) is 13.3 Å². The number of esters is 3. The molecule has 0 spiro atoms. The second-order valence-electron chi connectivity index (χ2n) is 6.69. The van der Waals surface area contributed by atoms with E-state index in [9.17, 15) is 14.4 Å². The maximum absolute atomic E-state index is 12.1. The summed E-state index contributed by atoms with van der Waals surface area (Å²) in [6.07, 6.45) is 1.91. The smallest absolute Gasteiger partial charge is 0.320 e. The van der Waals surface area contributed by atoms with Crippen molar-refractivity contribution in [2.45, 2.75) is 26.4 Å². The zero-order valence-corrected chi connectivity index (χ0v) is 18.2. The summed E-state index contributed by atoms with van der Waals surface area (Å²) in [5, 5.41) is 1.95. The molecule has 0 saturated carbocycles. The van der Waals surface area contributed by atoms with Crippen molar-refractivity contribution < 1.29 is 33.3 Å². The molecule has 0 bridgehead atoms. The number of allylic oxidation sites excluding steroid dienone is 1. The van der Waals surface area contributed by atoms with Gasteiger partial charge in [0.1, 0.15) is 20.4 Å². The summed E-state index contributed by atoms with van der Waals surface area (Å²) >= 11 is 0. The van der Waals surface area contributed by atoms with Crippen LogP contribution >= 0.6 is 0 Å². The first-order valence-corrected chi connectivity index (χ1v) is 11.8. The molecule has 0 amide bonds. The van der Waals surface area contributed by atoms with Crippen LogP contribution in [0.25, 0.3) is 0 Å². The molecule has 0 heterocycles. The lowest BCUT2D eigenvalue weighted by molar-refractivity contribution is -0.158. The Labute approximate surface area is 166 Å². The van der Waals surface area contributed by atoms with E-state index < -0.39 is 31.9 Å². The summed E-state index contributed by atoms with van der Waals surface area (Å²) in [5.41, 5.74) is 0. The second kappa shape index (κ2) is 10.7. The molecule has 7 nitrogen and oxygen atoms in total. The molecule has 0 aliphatic rings. The highest BCUT2D eigenvalue weighted by molar-refractivity contribution is 6.95. The zero-order chi connectivity index (χ0) is 21.3. The van der Waals surface area contributed by atoms with Crippen LogP contribution in [0.4, 0.5) is 0 Å². The zero-order valence-electron chi connectivity index (χ0n) is 17.2. The molecule has 1 aromatic rings. The van der Waals surface area contributed by atoms with Gasteiger partial charge in [0.2, 0.25) is 0 Å². The summed E-state index contributed by atoms with van der Waals surface area (Å²) in [4.78, 5) is 35.4. The van der Waals surface area contributed by atoms with E-state index >= 15 is 0 Å². The summed E-state index contributed by atoms with van der Waals surface area (Å²) in [5.74, 6) is -2.07. The van der Waals surface area contributed by atoms with Gasteiger partial charge in [0.15, 0.2) is 5.92 Å². The number of carbonyl (C=O) groups is 3. The van der Waals surface area contributed by atoms with Crippen molar-refractivity contribution in [1.29, 1.82) is 0 Å². The molecule has 0 saturated heterocycles. The van der Waals surface area contributed by atoms with Gasteiger partial charge >= 0.3 is 17.9 Å². The molecule has 1 rings (SSSR count). The number of hydrogen-bond donors (Lipinski definition) is 0. The Morgan fingerprint density at radius 1 is 1.00 bits per heavy atom. The molecule has 0 unspecified atom stereocenters. The monoisotopic (exact) mass is 408 g/mol. The van der Waals surface area contributed by atoms with Crippen molar-refractivity contribution in [1.82, 2.24) is 0 Å². The van der Waals surface area contributed by atoms with Crippen LogP contribution < -0.4 is 9.92 Å². The summed E-state index contributed by atoms with van der Waals surface area (Å²) < 4.78 is 19.8. The van der Waals surface area contributed by atoms with Gasteiger partial charge in [-0.2, -0.15) is 0 Å². The Morgan fingerprint density at radius 3 is 1.96 bits per heavy atom. The van der Waals surface area contributed by atoms with Gasteiger partial charge in [-0.05, 0) is 18.6 Å². The van der Waals surface area contributed by atoms with Gasteiger partial charge in [0, 0.05) is 6.92 Å². The lowest BCUT2D eigenvalue weighted by Crippen LogP contribution is -2.45. The minimum Gasteiger partial charge on any atom is -0.497 e. The Balaban J connectivity index is 3.29. The fraction of sp³-hybridized carbons (Fsp3) is 0.450. The number of rotatable bonds is 9. The van der Waals surface area contributed by atoms with Crippen LogP contribution in [-0.2, 0) is 28.6 Å². The van der Waals surface area contributed by atoms with Crippen LogP contribution in [0.2, 0.25) is 13.1 Å². The van der Waals surface area contributed by atoms with Crippen LogP contribution in [-0.4, -0.2) is 53.9 Å². The highest BCUT2D eigenvalue weighted by atomic mass is 28.3. The molecule has 0 aliphatic heterocycles. The van der Waals surface area contributed by atoms with E-state index in [1.165, 1.54) is 21.1 Å². The Kier molecular flexibility index (Phi) is 8.91. The maximum Gasteiger partial charge on any atom is 0.320 e. The van der Waals surface area contributed by atoms with Crippen LogP contribution in [0, 0.1) is 5.92 Å². The van der Waals surface area contributed by atoms with Gasteiger partial charge in [0.25, 0.3) is 0 Å². The van der Waals surface area contributed by atoms with E-state index in [4.69, 9.17) is 18.9 Å². The summed E-state index contributed by atoms with van der Waals surface area (Å²) in [6.45, 7) is 5.58. The normalized spacial score (nSPS) is 11.8. The summed E-state index contributed by atoms with van der Waals surface area (Å²) in [7, 11) is 1.76. The van der Waals surface area contributed by atoms with Gasteiger partial charge in [-0.25, -0.2) is 0 Å². The molecule has 0 atom stereocenters. The first kappa shape index (κ1) is 23.4. The van der Waals surface area contributed by atoms with E-state index in [1.54, 1.807) is 13.2 Å². The van der Waals surface area contributed by atoms with Crippen molar-refractivity contribution in [2.24, 2.45) is 5.92 Å². The van der Waals surface area contributed by atoms with Crippen LogP contribution in [0.5, 0.6) is 5.75 Å². The van der Waals surface area contributed by atoms with Crippen molar-refractivity contribution in [3.8, 4) is 5.75 Å². The number of hydrogen-bond acceptors (Lipinski definition) is 7. The molecule has 0 fully saturated rings. The highest BCUT2D eigenvalue weighted by Gasteiger charge is 2.36. The van der Waals surface area contributed by atoms with Gasteiger partial charge < -0.3 is 18.9 Å². The van der Waals surface area contributed by atoms with Crippen molar-refractivity contribution >= 4 is 31.2 Å². The first-order valence-electron chi connectivity index (χ1n) is 8.80. The van der Waals surface area contributed by atoms with Crippen molar-refractivity contribution in [3.63, 3.8) is 0 Å². The number of carbonyl (C=O) groups excluding carboxylic acids is 3. The first-order chi connectivity index (χ1) is 13.2. The SMILES string of the molecule is COC(=O)C(C/C(=C\COC(C)=O)[Si](C)(C)c1ccc(OC)cc1)C(=O)OC. The van der Waals surface area contributed by atoms with Gasteiger partial charge in [-0.15, -0.1) is 0 Å². The van der Waals surface area contributed by atoms with Crippen molar-refractivity contribution in [3.05, 3.63) is 35.5 Å². The van der Waals surface area contributed by atoms with E-state index in [2.05, 4.69) is 13.1 Å². The molecule has 8 heteroatoms. The molecular weight excluding hydrogens is 380 g/mol. The molecular formula is C20H28O7Si. The number of methoxy groups -OCH3 is 3. The molecule has 1 aromatic carbocycles. The minimum absolute atomic E-state index is 0.0618. The lowest BCUT2D eigenvalue weighted by Gasteiger charge is -2.29. The lowest BCUT2D eigenvalue weighted by atomic mass is 10.1. The van der Waals surface area contributed by atoms with E-state index in [0.717, 1.165) is 16.1 Å². The molecule has 0 N–H and O–H groups in total. The van der Waals surface area contributed by atoms with Crippen LogP contribution in [0.3, 0.4) is 0 Å². The predicted octanol–water partition coefficient (Wildman–Crippen LogP) is 1.99. The summed E-state index contributed by atoms with van der Waals surface area (Å²) in [6, 6.07) is 7.67. The van der Waals surface area contributed by atoms with Crippen molar-refractivity contribution in [2.75, 3.05) is 27.9 Å². The molecule has 0 aromatic heterocycles. The van der Waals surface area contributed by atoms with Gasteiger partial charge in [-0.3, -0.25) is 14.4 Å². The second-order valence-corrected chi connectivity index (χ2v) is 11.2. The molecule has 28 heavy (non-hydrogen) atoms. The Hall–Kier alpha value is -2.61. The average Bonchev–Trinajstić information content (AvgIpc) is 2.68. The Morgan fingerprint density at radius 2 is 1.54 bits per heavy atom. The van der Waals surface area contributed by atoms with E-state index in [0.29, 0.717) is 0 Å². The fourth-order valence-electron chi connectivity index (χ4n) is 2.81. The topological polar surface area (TPSA) is 88.1 Å². The third-order valence-corrected chi connectivity index (χ3v) is 8.42. The Bertz CT molecular complexity index is 707. The molecule has 0 radical (unpaired) electrons. The average molecular weight is 409 g/mol. The third kappa shape index (κ3) is 6.23.